The Bertz CT molecular complexity index is 506. The van der Waals surface area contributed by atoms with Crippen LogP contribution in [0.3, 0.4) is 0 Å². The molecule has 0 aromatic heterocycles. The topological polar surface area (TPSA) is 17.1 Å². The first-order valence-electron chi connectivity index (χ1n) is 7.43. The molecule has 0 bridgehead atoms. The van der Waals surface area contributed by atoms with E-state index in [9.17, 15) is 4.79 Å². The van der Waals surface area contributed by atoms with Crippen molar-refractivity contribution in [2.45, 2.75) is 39.5 Å². The lowest BCUT2D eigenvalue weighted by atomic mass is 9.69. The zero-order valence-electron chi connectivity index (χ0n) is 12.7. The Labute approximate surface area is 122 Å². The SMILES string of the molecule is CC(C)=CC[C@@H]1C(C)=CC[C@@H](c2ccccc2)[C@@H]1C=O. The summed E-state index contributed by atoms with van der Waals surface area (Å²) in [6, 6.07) is 10.5. The number of aldehydes is 1. The summed E-state index contributed by atoms with van der Waals surface area (Å²) < 4.78 is 0. The summed E-state index contributed by atoms with van der Waals surface area (Å²) in [5.74, 6) is 0.771. The molecule has 0 heterocycles. The second-order valence-electron chi connectivity index (χ2n) is 6.04. The van der Waals surface area contributed by atoms with E-state index in [1.165, 1.54) is 23.0 Å². The van der Waals surface area contributed by atoms with Crippen LogP contribution >= 0.6 is 0 Å². The molecule has 0 aliphatic heterocycles. The molecule has 0 N–H and O–H groups in total. The van der Waals surface area contributed by atoms with Crippen molar-refractivity contribution in [3.63, 3.8) is 0 Å². The van der Waals surface area contributed by atoms with E-state index >= 15 is 0 Å². The van der Waals surface area contributed by atoms with Crippen molar-refractivity contribution in [2.24, 2.45) is 11.8 Å². The Kier molecular flexibility index (Phi) is 4.94. The van der Waals surface area contributed by atoms with Crippen LogP contribution in [0.2, 0.25) is 0 Å². The summed E-state index contributed by atoms with van der Waals surface area (Å²) in [6.07, 6.45) is 7.70. The largest absolute Gasteiger partial charge is 0.303 e. The van der Waals surface area contributed by atoms with E-state index in [0.29, 0.717) is 11.8 Å². The van der Waals surface area contributed by atoms with Gasteiger partial charge in [-0.25, -0.2) is 0 Å². The maximum Gasteiger partial charge on any atom is 0.124 e. The molecule has 1 nitrogen and oxygen atoms in total. The first kappa shape index (κ1) is 14.8. The highest BCUT2D eigenvalue weighted by Crippen LogP contribution is 2.41. The fraction of sp³-hybridized carbons (Fsp3) is 0.421. The van der Waals surface area contributed by atoms with E-state index in [1.54, 1.807) is 0 Å². The molecule has 0 radical (unpaired) electrons. The molecular formula is C19H24O. The highest BCUT2D eigenvalue weighted by Gasteiger charge is 2.33. The minimum absolute atomic E-state index is 0.0954. The van der Waals surface area contributed by atoms with Crippen molar-refractivity contribution in [1.29, 1.82) is 0 Å². The van der Waals surface area contributed by atoms with E-state index in [2.05, 4.69) is 57.2 Å². The van der Waals surface area contributed by atoms with E-state index in [4.69, 9.17) is 0 Å². The maximum absolute atomic E-state index is 11.7. The lowest BCUT2D eigenvalue weighted by Gasteiger charge is -2.34. The van der Waals surface area contributed by atoms with E-state index in [-0.39, 0.29) is 5.92 Å². The van der Waals surface area contributed by atoms with Gasteiger partial charge in [0.1, 0.15) is 6.29 Å². The van der Waals surface area contributed by atoms with Gasteiger partial charge >= 0.3 is 0 Å². The first-order valence-corrected chi connectivity index (χ1v) is 7.43. The standard InChI is InChI=1S/C19H24O/c1-14(2)9-11-17-15(3)10-12-18(19(17)13-20)16-7-5-4-6-8-16/h4-10,13,17-19H,11-12H2,1-3H3/t17-,18+,19-/m1/s1. The molecule has 0 amide bonds. The average molecular weight is 268 g/mol. The molecular weight excluding hydrogens is 244 g/mol. The molecule has 20 heavy (non-hydrogen) atoms. The van der Waals surface area contributed by atoms with Crippen LogP contribution in [-0.4, -0.2) is 6.29 Å². The Balaban J connectivity index is 2.28. The van der Waals surface area contributed by atoms with Crippen LogP contribution in [0.1, 0.15) is 45.1 Å². The second kappa shape index (κ2) is 6.69. The summed E-state index contributed by atoms with van der Waals surface area (Å²) >= 11 is 0. The summed E-state index contributed by atoms with van der Waals surface area (Å²) in [5.41, 5.74) is 3.98. The molecule has 1 aliphatic carbocycles. The van der Waals surface area contributed by atoms with Crippen molar-refractivity contribution < 1.29 is 4.79 Å². The fourth-order valence-electron chi connectivity index (χ4n) is 3.16. The van der Waals surface area contributed by atoms with Crippen molar-refractivity contribution in [3.05, 3.63) is 59.2 Å². The van der Waals surface area contributed by atoms with Crippen LogP contribution in [-0.2, 0) is 4.79 Å². The van der Waals surface area contributed by atoms with E-state index in [0.717, 1.165) is 12.8 Å². The second-order valence-corrected chi connectivity index (χ2v) is 6.04. The number of carbonyl (C=O) groups excluding carboxylic acids is 1. The summed E-state index contributed by atoms with van der Waals surface area (Å²) in [6.45, 7) is 6.40. The molecule has 0 fully saturated rings. The predicted molar refractivity (Wildman–Crippen MR) is 84.6 cm³/mol. The molecule has 3 atom stereocenters. The number of hydrogen-bond acceptors (Lipinski definition) is 1. The minimum Gasteiger partial charge on any atom is -0.303 e. The third-order valence-electron chi connectivity index (χ3n) is 4.37. The number of hydrogen-bond donors (Lipinski definition) is 0. The van der Waals surface area contributed by atoms with Gasteiger partial charge in [-0.3, -0.25) is 0 Å². The van der Waals surface area contributed by atoms with Crippen LogP contribution in [0.15, 0.2) is 53.6 Å². The molecule has 106 valence electrons. The highest BCUT2D eigenvalue weighted by molar-refractivity contribution is 5.58. The molecule has 1 aromatic rings. The Hall–Kier alpha value is -1.63. The third-order valence-corrected chi connectivity index (χ3v) is 4.37. The van der Waals surface area contributed by atoms with Gasteiger partial charge < -0.3 is 4.79 Å². The minimum atomic E-state index is 0.0954. The van der Waals surface area contributed by atoms with Crippen LogP contribution in [0.4, 0.5) is 0 Å². The molecule has 1 aromatic carbocycles. The molecule has 2 rings (SSSR count). The Morgan fingerprint density at radius 2 is 1.95 bits per heavy atom. The zero-order valence-corrected chi connectivity index (χ0v) is 12.7. The zero-order chi connectivity index (χ0) is 14.5. The Morgan fingerprint density at radius 3 is 2.55 bits per heavy atom. The van der Waals surface area contributed by atoms with Crippen molar-refractivity contribution >= 4 is 6.29 Å². The van der Waals surface area contributed by atoms with Gasteiger partial charge in [-0.15, -0.1) is 0 Å². The first-order chi connectivity index (χ1) is 9.63. The van der Waals surface area contributed by atoms with Gasteiger partial charge in [0.05, 0.1) is 0 Å². The molecule has 1 aliphatic rings. The Morgan fingerprint density at radius 1 is 1.25 bits per heavy atom. The van der Waals surface area contributed by atoms with Gasteiger partial charge in [0, 0.05) is 5.92 Å². The van der Waals surface area contributed by atoms with Gasteiger partial charge in [0.15, 0.2) is 0 Å². The molecule has 1 heteroatoms. The average Bonchev–Trinajstić information content (AvgIpc) is 2.46. The molecule has 0 spiro atoms. The molecule has 0 saturated heterocycles. The van der Waals surface area contributed by atoms with Crippen LogP contribution in [0.5, 0.6) is 0 Å². The predicted octanol–water partition coefficient (Wildman–Crippen LogP) is 4.91. The van der Waals surface area contributed by atoms with Gasteiger partial charge in [-0.05, 0) is 51.0 Å². The van der Waals surface area contributed by atoms with E-state index in [1.807, 2.05) is 6.07 Å². The van der Waals surface area contributed by atoms with Crippen molar-refractivity contribution in [2.75, 3.05) is 0 Å². The van der Waals surface area contributed by atoms with Gasteiger partial charge in [0.25, 0.3) is 0 Å². The van der Waals surface area contributed by atoms with Crippen molar-refractivity contribution in [1.82, 2.24) is 0 Å². The highest BCUT2D eigenvalue weighted by atomic mass is 16.1. The van der Waals surface area contributed by atoms with Gasteiger partial charge in [-0.1, -0.05) is 53.6 Å². The smallest absolute Gasteiger partial charge is 0.124 e. The van der Waals surface area contributed by atoms with Gasteiger partial charge in [-0.2, -0.15) is 0 Å². The van der Waals surface area contributed by atoms with Crippen molar-refractivity contribution in [3.8, 4) is 0 Å². The monoisotopic (exact) mass is 268 g/mol. The lowest BCUT2D eigenvalue weighted by molar-refractivity contribution is -0.113. The fourth-order valence-corrected chi connectivity index (χ4v) is 3.16. The normalized spacial score (nSPS) is 25.8. The molecule has 0 unspecified atom stereocenters. The number of carbonyl (C=O) groups is 1. The summed E-state index contributed by atoms with van der Waals surface area (Å²) in [7, 11) is 0. The van der Waals surface area contributed by atoms with Crippen LogP contribution in [0.25, 0.3) is 0 Å². The maximum atomic E-state index is 11.7. The van der Waals surface area contributed by atoms with Crippen LogP contribution in [0, 0.1) is 11.8 Å². The summed E-state index contributed by atoms with van der Waals surface area (Å²) in [5, 5.41) is 0. The quantitative estimate of drug-likeness (QED) is 0.560. The lowest BCUT2D eigenvalue weighted by Crippen LogP contribution is -2.27. The number of benzene rings is 1. The molecule has 0 saturated carbocycles. The van der Waals surface area contributed by atoms with E-state index < -0.39 is 0 Å². The van der Waals surface area contributed by atoms with Crippen LogP contribution < -0.4 is 0 Å². The number of rotatable bonds is 4. The van der Waals surface area contributed by atoms with Gasteiger partial charge in [0.2, 0.25) is 0 Å². The summed E-state index contributed by atoms with van der Waals surface area (Å²) in [4.78, 5) is 11.7. The number of allylic oxidation sites excluding steroid dienone is 4. The third kappa shape index (κ3) is 3.27.